The molecule has 0 aliphatic heterocycles. The molecule has 2 aromatic carbocycles. The average Bonchev–Trinajstić information content (AvgIpc) is 2.97. The molecule has 1 amide bonds. The Balaban J connectivity index is 1.61. The highest BCUT2D eigenvalue weighted by atomic mass is 16.5. The molecule has 0 aromatic heterocycles. The Bertz CT molecular complexity index is 720. The highest BCUT2D eigenvalue weighted by Gasteiger charge is 2.26. The highest BCUT2D eigenvalue weighted by Crippen LogP contribution is 2.33. The van der Waals surface area contributed by atoms with Gasteiger partial charge in [-0.1, -0.05) is 42.5 Å². The molecule has 0 fully saturated rings. The Labute approximate surface area is 129 Å². The van der Waals surface area contributed by atoms with Gasteiger partial charge >= 0.3 is 6.09 Å². The Kier molecular flexibility index (Phi) is 4.06. The van der Waals surface area contributed by atoms with Crippen LogP contribution in [0, 0.1) is 11.3 Å². The molecule has 4 heteroatoms. The van der Waals surface area contributed by atoms with Gasteiger partial charge in [-0.2, -0.15) is 5.26 Å². The molecule has 0 saturated carbocycles. The molecular formula is C18H16N2O2. The molecule has 1 aliphatic carbocycles. The van der Waals surface area contributed by atoms with Gasteiger partial charge in [-0.25, -0.2) is 4.79 Å². The van der Waals surface area contributed by atoms with Crippen LogP contribution in [0.4, 0.5) is 4.79 Å². The molecule has 110 valence electrons. The first-order valence-electron chi connectivity index (χ1n) is 7.27. The zero-order valence-electron chi connectivity index (χ0n) is 12.1. The van der Waals surface area contributed by atoms with Gasteiger partial charge < -0.3 is 10.1 Å². The van der Waals surface area contributed by atoms with Gasteiger partial charge in [0.25, 0.3) is 0 Å². The minimum atomic E-state index is -0.427. The second-order valence-electron chi connectivity index (χ2n) is 5.28. The van der Waals surface area contributed by atoms with E-state index in [4.69, 9.17) is 10.00 Å². The summed E-state index contributed by atoms with van der Waals surface area (Å²) >= 11 is 0. The first kappa shape index (κ1) is 14.2. The van der Waals surface area contributed by atoms with Crippen molar-refractivity contribution in [3.8, 4) is 6.07 Å². The number of nitrogens with one attached hydrogen (secondary N) is 1. The van der Waals surface area contributed by atoms with Gasteiger partial charge in [0.05, 0.1) is 17.7 Å². The molecule has 4 nitrogen and oxygen atoms in total. The van der Waals surface area contributed by atoms with Crippen molar-refractivity contribution in [1.82, 2.24) is 5.32 Å². The Morgan fingerprint density at radius 3 is 2.82 bits per heavy atom. The van der Waals surface area contributed by atoms with E-state index in [1.54, 1.807) is 0 Å². The van der Waals surface area contributed by atoms with Crippen LogP contribution in [0.2, 0.25) is 0 Å². The molecule has 1 N–H and O–H groups in total. The van der Waals surface area contributed by atoms with Crippen molar-refractivity contribution < 1.29 is 9.53 Å². The van der Waals surface area contributed by atoms with Crippen LogP contribution in [-0.2, 0) is 17.8 Å². The van der Waals surface area contributed by atoms with Crippen LogP contribution in [-0.4, -0.2) is 6.09 Å². The van der Waals surface area contributed by atoms with Gasteiger partial charge in [0.15, 0.2) is 0 Å². The van der Waals surface area contributed by atoms with Crippen LogP contribution in [0.3, 0.4) is 0 Å². The summed E-state index contributed by atoms with van der Waals surface area (Å²) < 4.78 is 5.25. The van der Waals surface area contributed by atoms with Crippen molar-refractivity contribution in [2.24, 2.45) is 0 Å². The molecule has 0 unspecified atom stereocenters. The standard InChI is InChI=1S/C18H16N2O2/c19-11-14-7-4-8-16-15(14)9-10-17(16)20-18(21)22-12-13-5-2-1-3-6-13/h1-8,17H,9-10,12H2,(H,20,21)/t17-/m1/s1. The summed E-state index contributed by atoms with van der Waals surface area (Å²) in [6.45, 7) is 0.254. The normalized spacial score (nSPS) is 15.7. The van der Waals surface area contributed by atoms with Crippen molar-refractivity contribution in [3.63, 3.8) is 0 Å². The molecule has 22 heavy (non-hydrogen) atoms. The summed E-state index contributed by atoms with van der Waals surface area (Å²) in [5, 5.41) is 12.0. The third-order valence-corrected chi connectivity index (χ3v) is 3.90. The number of carbonyl (C=O) groups excluding carboxylic acids is 1. The van der Waals surface area contributed by atoms with Crippen LogP contribution < -0.4 is 5.32 Å². The predicted octanol–water partition coefficient (Wildman–Crippen LogP) is 3.47. The van der Waals surface area contributed by atoms with E-state index in [0.717, 1.165) is 29.5 Å². The van der Waals surface area contributed by atoms with E-state index < -0.39 is 6.09 Å². The van der Waals surface area contributed by atoms with Crippen molar-refractivity contribution in [2.75, 3.05) is 0 Å². The maximum Gasteiger partial charge on any atom is 0.407 e. The minimum Gasteiger partial charge on any atom is -0.445 e. The molecule has 0 radical (unpaired) electrons. The fraction of sp³-hybridized carbons (Fsp3) is 0.222. The van der Waals surface area contributed by atoms with Gasteiger partial charge in [0, 0.05) is 0 Å². The summed E-state index contributed by atoms with van der Waals surface area (Å²) in [5.41, 5.74) is 3.71. The van der Waals surface area contributed by atoms with Gasteiger partial charge in [-0.05, 0) is 35.6 Å². The SMILES string of the molecule is N#Cc1cccc2c1CC[C@H]2NC(=O)OCc1ccccc1. The summed E-state index contributed by atoms with van der Waals surface area (Å²) in [4.78, 5) is 11.9. The van der Waals surface area contributed by atoms with Gasteiger partial charge in [-0.15, -0.1) is 0 Å². The lowest BCUT2D eigenvalue weighted by atomic mass is 10.0. The van der Waals surface area contributed by atoms with Crippen molar-refractivity contribution in [2.45, 2.75) is 25.5 Å². The number of ether oxygens (including phenoxy) is 1. The van der Waals surface area contributed by atoms with E-state index in [1.807, 2.05) is 48.5 Å². The Morgan fingerprint density at radius 1 is 1.23 bits per heavy atom. The number of hydrogen-bond donors (Lipinski definition) is 1. The van der Waals surface area contributed by atoms with Gasteiger partial charge in [-0.3, -0.25) is 0 Å². The lowest BCUT2D eigenvalue weighted by Crippen LogP contribution is -2.27. The molecule has 1 atom stereocenters. The van der Waals surface area contributed by atoms with Crippen molar-refractivity contribution in [3.05, 3.63) is 70.8 Å². The van der Waals surface area contributed by atoms with Gasteiger partial charge in [0.1, 0.15) is 6.61 Å². The molecule has 2 aromatic rings. The first-order chi connectivity index (χ1) is 10.8. The molecule has 0 spiro atoms. The summed E-state index contributed by atoms with van der Waals surface area (Å²) in [5.74, 6) is 0. The number of nitrogens with zero attached hydrogens (tertiary/aromatic N) is 1. The van der Waals surface area contributed by atoms with E-state index in [1.165, 1.54) is 0 Å². The number of amides is 1. The third-order valence-electron chi connectivity index (χ3n) is 3.90. The number of rotatable bonds is 3. The Morgan fingerprint density at radius 2 is 2.05 bits per heavy atom. The van der Waals surface area contributed by atoms with E-state index in [9.17, 15) is 4.79 Å². The van der Waals surface area contributed by atoms with E-state index in [-0.39, 0.29) is 12.6 Å². The van der Waals surface area contributed by atoms with E-state index >= 15 is 0 Å². The monoisotopic (exact) mass is 292 g/mol. The number of hydrogen-bond acceptors (Lipinski definition) is 3. The van der Waals surface area contributed by atoms with E-state index in [2.05, 4.69) is 11.4 Å². The minimum absolute atomic E-state index is 0.0772. The number of nitriles is 1. The largest absolute Gasteiger partial charge is 0.445 e. The third kappa shape index (κ3) is 2.94. The van der Waals surface area contributed by atoms with Crippen LogP contribution in [0.25, 0.3) is 0 Å². The molecule has 0 bridgehead atoms. The summed E-state index contributed by atoms with van der Waals surface area (Å²) in [6.07, 6.45) is 1.18. The first-order valence-corrected chi connectivity index (χ1v) is 7.27. The zero-order chi connectivity index (χ0) is 15.4. The second kappa shape index (κ2) is 6.31. The number of alkyl carbamates (subject to hydrolysis) is 1. The maximum absolute atomic E-state index is 11.9. The van der Waals surface area contributed by atoms with Crippen LogP contribution >= 0.6 is 0 Å². The van der Waals surface area contributed by atoms with Crippen LogP contribution in [0.1, 0.15) is 34.7 Å². The number of carbonyl (C=O) groups is 1. The summed E-state index contributed by atoms with van der Waals surface area (Å²) in [6, 6.07) is 17.3. The van der Waals surface area contributed by atoms with Crippen LogP contribution in [0.15, 0.2) is 48.5 Å². The van der Waals surface area contributed by atoms with E-state index in [0.29, 0.717) is 5.56 Å². The lowest BCUT2D eigenvalue weighted by Gasteiger charge is -2.14. The Hall–Kier alpha value is -2.80. The topological polar surface area (TPSA) is 62.1 Å². The zero-order valence-corrected chi connectivity index (χ0v) is 12.1. The number of fused-ring (bicyclic) bond motifs is 1. The van der Waals surface area contributed by atoms with Crippen molar-refractivity contribution in [1.29, 1.82) is 5.26 Å². The quantitative estimate of drug-likeness (QED) is 0.942. The lowest BCUT2D eigenvalue weighted by molar-refractivity contribution is 0.135. The van der Waals surface area contributed by atoms with Gasteiger partial charge in [0.2, 0.25) is 0 Å². The smallest absolute Gasteiger partial charge is 0.407 e. The molecule has 0 heterocycles. The fourth-order valence-electron chi connectivity index (χ4n) is 2.82. The highest BCUT2D eigenvalue weighted by molar-refractivity contribution is 5.68. The average molecular weight is 292 g/mol. The molecular weight excluding hydrogens is 276 g/mol. The summed E-state index contributed by atoms with van der Waals surface area (Å²) in [7, 11) is 0. The van der Waals surface area contributed by atoms with Crippen LogP contribution in [0.5, 0.6) is 0 Å². The second-order valence-corrected chi connectivity index (χ2v) is 5.28. The molecule has 0 saturated heterocycles. The fourth-order valence-corrected chi connectivity index (χ4v) is 2.82. The van der Waals surface area contributed by atoms with Crippen molar-refractivity contribution >= 4 is 6.09 Å². The maximum atomic E-state index is 11.9. The molecule has 3 rings (SSSR count). The molecule has 1 aliphatic rings. The predicted molar refractivity (Wildman–Crippen MR) is 82.0 cm³/mol. The number of benzene rings is 2.